The summed E-state index contributed by atoms with van der Waals surface area (Å²) in [7, 11) is 0. The lowest BCUT2D eigenvalue weighted by Crippen LogP contribution is -2.52. The van der Waals surface area contributed by atoms with E-state index in [1.807, 2.05) is 38.1 Å². The molecule has 1 aromatic rings. The van der Waals surface area contributed by atoms with Gasteiger partial charge in [0, 0.05) is 32.2 Å². The maximum absolute atomic E-state index is 12.1. The second kappa shape index (κ2) is 9.75. The van der Waals surface area contributed by atoms with E-state index in [9.17, 15) is 4.79 Å². The normalized spacial score (nSPS) is 18.3. The number of carbonyl (C=O) groups excluding carboxylic acids is 1. The maximum Gasteiger partial charge on any atom is 0.234 e. The van der Waals surface area contributed by atoms with Gasteiger partial charge in [0.15, 0.2) is 0 Å². The van der Waals surface area contributed by atoms with Gasteiger partial charge in [0.25, 0.3) is 0 Å². The van der Waals surface area contributed by atoms with Gasteiger partial charge >= 0.3 is 0 Å². The lowest BCUT2D eigenvalue weighted by molar-refractivity contribution is -0.123. The van der Waals surface area contributed by atoms with Gasteiger partial charge in [0.05, 0.1) is 12.6 Å². The standard InChI is InChI=1S/C17H27N3O2.ClH/c1-13(2)22-16-6-4-5-15(9-16)11-19-17(21)12-20-8-7-18-10-14(20)3;/h4-6,9,13-14,18H,7-8,10-12H2,1-3H3,(H,19,21);1H/t14-;/m0./s1. The van der Waals surface area contributed by atoms with Gasteiger partial charge in [-0.1, -0.05) is 12.1 Å². The summed E-state index contributed by atoms with van der Waals surface area (Å²) in [6.45, 7) is 9.97. The van der Waals surface area contributed by atoms with Crippen LogP contribution in [0.1, 0.15) is 26.3 Å². The second-order valence-electron chi connectivity index (χ2n) is 6.11. The van der Waals surface area contributed by atoms with Gasteiger partial charge in [-0.05, 0) is 38.5 Å². The average molecular weight is 342 g/mol. The fourth-order valence-electron chi connectivity index (χ4n) is 2.56. The molecule has 5 nitrogen and oxygen atoms in total. The summed E-state index contributed by atoms with van der Waals surface area (Å²) < 4.78 is 5.67. The smallest absolute Gasteiger partial charge is 0.234 e. The van der Waals surface area contributed by atoms with Crippen molar-refractivity contribution in [2.45, 2.75) is 39.5 Å². The molecule has 2 N–H and O–H groups in total. The molecule has 0 saturated carbocycles. The van der Waals surface area contributed by atoms with Gasteiger partial charge in [-0.15, -0.1) is 12.4 Å². The third-order valence-electron chi connectivity index (χ3n) is 3.75. The number of nitrogens with one attached hydrogen (secondary N) is 2. The number of nitrogens with zero attached hydrogens (tertiary/aromatic N) is 1. The van der Waals surface area contributed by atoms with E-state index in [1.54, 1.807) is 0 Å². The molecule has 1 aliphatic heterocycles. The summed E-state index contributed by atoms with van der Waals surface area (Å²) in [6, 6.07) is 8.28. The van der Waals surface area contributed by atoms with Gasteiger partial charge in [-0.2, -0.15) is 0 Å². The summed E-state index contributed by atoms with van der Waals surface area (Å²) >= 11 is 0. The molecule has 23 heavy (non-hydrogen) atoms. The second-order valence-corrected chi connectivity index (χ2v) is 6.11. The number of benzene rings is 1. The summed E-state index contributed by atoms with van der Waals surface area (Å²) in [4.78, 5) is 14.3. The molecule has 1 aromatic carbocycles. The van der Waals surface area contributed by atoms with Gasteiger partial charge < -0.3 is 15.4 Å². The van der Waals surface area contributed by atoms with Gasteiger partial charge in [-0.3, -0.25) is 9.69 Å². The zero-order chi connectivity index (χ0) is 15.9. The van der Waals surface area contributed by atoms with Crippen LogP contribution in [-0.2, 0) is 11.3 Å². The van der Waals surface area contributed by atoms with Crippen molar-refractivity contribution in [3.05, 3.63) is 29.8 Å². The van der Waals surface area contributed by atoms with Crippen LogP contribution in [-0.4, -0.2) is 49.1 Å². The van der Waals surface area contributed by atoms with E-state index in [2.05, 4.69) is 22.5 Å². The lowest BCUT2D eigenvalue weighted by atomic mass is 10.2. The summed E-state index contributed by atoms with van der Waals surface area (Å²) in [5.41, 5.74) is 1.06. The molecule has 1 aliphatic rings. The fraction of sp³-hybridized carbons (Fsp3) is 0.588. The maximum atomic E-state index is 12.1. The Bertz CT molecular complexity index is 496. The van der Waals surface area contributed by atoms with Crippen LogP contribution < -0.4 is 15.4 Å². The monoisotopic (exact) mass is 341 g/mol. The van der Waals surface area contributed by atoms with Crippen LogP contribution >= 0.6 is 12.4 Å². The zero-order valence-corrected chi connectivity index (χ0v) is 15.0. The highest BCUT2D eigenvalue weighted by Crippen LogP contribution is 2.14. The highest BCUT2D eigenvalue weighted by Gasteiger charge is 2.19. The Labute approximate surface area is 145 Å². The van der Waals surface area contributed by atoms with Crippen LogP contribution in [0.25, 0.3) is 0 Å². The first kappa shape index (κ1) is 19.7. The predicted molar refractivity (Wildman–Crippen MR) is 95.2 cm³/mol. The van der Waals surface area contributed by atoms with Crippen LogP contribution in [0.4, 0.5) is 0 Å². The number of rotatable bonds is 6. The zero-order valence-electron chi connectivity index (χ0n) is 14.2. The van der Waals surface area contributed by atoms with E-state index in [1.165, 1.54) is 0 Å². The van der Waals surface area contributed by atoms with E-state index >= 15 is 0 Å². The van der Waals surface area contributed by atoms with E-state index in [4.69, 9.17) is 4.74 Å². The van der Waals surface area contributed by atoms with Crippen molar-refractivity contribution in [2.75, 3.05) is 26.2 Å². The molecule has 0 aromatic heterocycles. The molecule has 1 heterocycles. The van der Waals surface area contributed by atoms with Crippen molar-refractivity contribution in [3.8, 4) is 5.75 Å². The Hall–Kier alpha value is -1.30. The largest absolute Gasteiger partial charge is 0.491 e. The number of amides is 1. The van der Waals surface area contributed by atoms with E-state index in [0.717, 1.165) is 30.9 Å². The van der Waals surface area contributed by atoms with Gasteiger partial charge in [0.1, 0.15) is 5.75 Å². The minimum Gasteiger partial charge on any atom is -0.491 e. The molecule has 0 aliphatic carbocycles. The van der Waals surface area contributed by atoms with Crippen molar-refractivity contribution >= 4 is 18.3 Å². The third kappa shape index (κ3) is 6.77. The van der Waals surface area contributed by atoms with Crippen LogP contribution in [0.3, 0.4) is 0 Å². The molecule has 1 saturated heterocycles. The quantitative estimate of drug-likeness (QED) is 0.828. The molecular weight excluding hydrogens is 314 g/mol. The Morgan fingerprint density at radius 2 is 2.26 bits per heavy atom. The summed E-state index contributed by atoms with van der Waals surface area (Å²) in [5.74, 6) is 0.918. The number of halogens is 1. The summed E-state index contributed by atoms with van der Waals surface area (Å²) in [6.07, 6.45) is 0.152. The molecule has 1 amide bonds. The van der Waals surface area contributed by atoms with Crippen molar-refractivity contribution in [1.82, 2.24) is 15.5 Å². The molecular formula is C17H28ClN3O2. The molecule has 6 heteroatoms. The highest BCUT2D eigenvalue weighted by molar-refractivity contribution is 5.85. The molecule has 1 fully saturated rings. The number of ether oxygens (including phenoxy) is 1. The van der Waals surface area contributed by atoms with E-state index < -0.39 is 0 Å². The van der Waals surface area contributed by atoms with Crippen molar-refractivity contribution in [1.29, 1.82) is 0 Å². The number of hydrogen-bond acceptors (Lipinski definition) is 4. The molecule has 1 atom stereocenters. The predicted octanol–water partition coefficient (Wildman–Crippen LogP) is 1.81. The highest BCUT2D eigenvalue weighted by atomic mass is 35.5. The Morgan fingerprint density at radius 3 is 2.96 bits per heavy atom. The first-order valence-electron chi connectivity index (χ1n) is 8.01. The number of hydrogen-bond donors (Lipinski definition) is 2. The minimum atomic E-state index is 0. The van der Waals surface area contributed by atoms with E-state index in [0.29, 0.717) is 19.1 Å². The van der Waals surface area contributed by atoms with Gasteiger partial charge in [0.2, 0.25) is 5.91 Å². The topological polar surface area (TPSA) is 53.6 Å². The molecule has 0 spiro atoms. The molecule has 0 radical (unpaired) electrons. The van der Waals surface area contributed by atoms with Crippen molar-refractivity contribution in [2.24, 2.45) is 0 Å². The van der Waals surface area contributed by atoms with Crippen molar-refractivity contribution in [3.63, 3.8) is 0 Å². The molecule has 0 unspecified atom stereocenters. The van der Waals surface area contributed by atoms with Gasteiger partial charge in [-0.25, -0.2) is 0 Å². The Kier molecular flexibility index (Phi) is 8.37. The third-order valence-corrected chi connectivity index (χ3v) is 3.75. The van der Waals surface area contributed by atoms with Crippen molar-refractivity contribution < 1.29 is 9.53 Å². The van der Waals surface area contributed by atoms with E-state index in [-0.39, 0.29) is 24.4 Å². The Morgan fingerprint density at radius 1 is 1.48 bits per heavy atom. The first-order valence-corrected chi connectivity index (χ1v) is 8.01. The molecule has 130 valence electrons. The van der Waals surface area contributed by atoms with Crippen LogP contribution in [0, 0.1) is 0 Å². The first-order chi connectivity index (χ1) is 10.5. The lowest BCUT2D eigenvalue weighted by Gasteiger charge is -2.33. The van der Waals surface area contributed by atoms with Crippen LogP contribution in [0.5, 0.6) is 5.75 Å². The average Bonchev–Trinajstić information content (AvgIpc) is 2.47. The molecule has 0 bridgehead atoms. The fourth-order valence-corrected chi connectivity index (χ4v) is 2.56. The van der Waals surface area contributed by atoms with Crippen LogP contribution in [0.2, 0.25) is 0 Å². The number of piperazine rings is 1. The minimum absolute atomic E-state index is 0. The molecule has 2 rings (SSSR count). The SMILES string of the molecule is CC(C)Oc1cccc(CNC(=O)CN2CCNC[C@@H]2C)c1.Cl. The van der Waals surface area contributed by atoms with Crippen LogP contribution in [0.15, 0.2) is 24.3 Å². The summed E-state index contributed by atoms with van der Waals surface area (Å²) in [5, 5.41) is 6.32. The Balaban J connectivity index is 0.00000264. The number of carbonyl (C=O) groups is 1.